The summed E-state index contributed by atoms with van der Waals surface area (Å²) in [6.45, 7) is 6.39. The van der Waals surface area contributed by atoms with Crippen molar-refractivity contribution >= 4 is 26.5 Å². The van der Waals surface area contributed by atoms with E-state index >= 15 is 0 Å². The molecule has 1 aromatic rings. The second kappa shape index (κ2) is 9.21. The van der Waals surface area contributed by atoms with Gasteiger partial charge < -0.3 is 14.5 Å². The molecule has 1 aliphatic rings. The predicted octanol–water partition coefficient (Wildman–Crippen LogP) is 2.76. The van der Waals surface area contributed by atoms with Crippen LogP contribution in [0.2, 0.25) is 11.1 Å². The number of halogens is 2. The van der Waals surface area contributed by atoms with Crippen LogP contribution < -0.4 is 9.72 Å². The van der Waals surface area contributed by atoms with Crippen molar-refractivity contribution in [3.63, 3.8) is 0 Å². The lowest BCUT2D eigenvalue weighted by atomic mass is 10.2. The minimum Gasteiger partial charge on any atom is -0.497 e. The molecule has 137 valence electrons. The Hall–Kier alpha value is -1.57. The molecule has 25 heavy (non-hydrogen) atoms. The highest BCUT2D eigenvalue weighted by Gasteiger charge is 2.30. The molecule has 1 saturated heterocycles. The first kappa shape index (κ1) is 19.7. The van der Waals surface area contributed by atoms with E-state index in [1.807, 2.05) is 14.0 Å². The second-order valence-corrected chi connectivity index (χ2v) is 8.57. The van der Waals surface area contributed by atoms with Crippen molar-refractivity contribution in [3.8, 4) is 5.75 Å². The van der Waals surface area contributed by atoms with Gasteiger partial charge in [-0.3, -0.25) is 9.69 Å². The zero-order valence-corrected chi connectivity index (χ0v) is 16.2. The summed E-state index contributed by atoms with van der Waals surface area (Å²) in [5.74, 6) is 0.300. The number of nitrogens with zero attached hydrogens (tertiary/aromatic N) is 1. The lowest BCUT2D eigenvalue weighted by molar-refractivity contribution is -0.121. The molecular weight excluding hydrogens is 363 g/mol. The minimum atomic E-state index is -1.04. The van der Waals surface area contributed by atoms with Crippen LogP contribution in [0.15, 0.2) is 30.5 Å². The van der Waals surface area contributed by atoms with Crippen molar-refractivity contribution in [1.29, 1.82) is 0 Å². The molecule has 0 bridgehead atoms. The van der Waals surface area contributed by atoms with Gasteiger partial charge in [0.05, 0.1) is 17.7 Å². The number of nitrogens with one attached hydrogen (secondary N) is 1. The van der Waals surface area contributed by atoms with Crippen molar-refractivity contribution in [3.05, 3.63) is 41.4 Å². The SMILES string of the molecule is C=C(OCC)[C@H]1CC[Si](NC(=O)COc2ccc(Cl)c(F)c2)CN1C. The number of benzene rings is 1. The number of carbonyl (C=O) groups is 1. The van der Waals surface area contributed by atoms with E-state index in [9.17, 15) is 9.18 Å². The van der Waals surface area contributed by atoms with Crippen molar-refractivity contribution in [2.75, 3.05) is 26.4 Å². The maximum Gasteiger partial charge on any atom is 0.250 e. The van der Waals surface area contributed by atoms with Crippen LogP contribution in [-0.4, -0.2) is 52.2 Å². The number of amides is 1. The first-order valence-corrected chi connectivity index (χ1v) is 10.4. The average Bonchev–Trinajstić information content (AvgIpc) is 2.56. The van der Waals surface area contributed by atoms with E-state index < -0.39 is 14.8 Å². The topological polar surface area (TPSA) is 50.8 Å². The molecule has 1 N–H and O–H groups in total. The fourth-order valence-corrected chi connectivity index (χ4v) is 5.15. The first-order chi connectivity index (χ1) is 11.9. The Bertz CT molecular complexity index is 632. The summed E-state index contributed by atoms with van der Waals surface area (Å²) in [7, 11) is 0.972. The van der Waals surface area contributed by atoms with Gasteiger partial charge in [-0.1, -0.05) is 18.2 Å². The Balaban J connectivity index is 1.77. The summed E-state index contributed by atoms with van der Waals surface area (Å²) in [6.07, 6.45) is 1.72. The van der Waals surface area contributed by atoms with E-state index in [2.05, 4.69) is 16.5 Å². The van der Waals surface area contributed by atoms with Crippen LogP contribution in [0.4, 0.5) is 4.39 Å². The van der Waals surface area contributed by atoms with Crippen LogP contribution in [0, 0.1) is 5.82 Å². The number of hydrogen-bond donors (Lipinski definition) is 1. The fraction of sp³-hybridized carbons (Fsp3) is 0.471. The Kier molecular flexibility index (Phi) is 7.28. The van der Waals surface area contributed by atoms with Gasteiger partial charge in [-0.25, -0.2) is 4.39 Å². The van der Waals surface area contributed by atoms with Crippen LogP contribution in [0.5, 0.6) is 5.75 Å². The van der Waals surface area contributed by atoms with Crippen LogP contribution in [0.25, 0.3) is 0 Å². The number of carbonyl (C=O) groups excluding carboxylic acids is 1. The van der Waals surface area contributed by atoms with E-state index in [1.165, 1.54) is 18.2 Å². The number of hydrogen-bond acceptors (Lipinski definition) is 4. The second-order valence-electron chi connectivity index (χ2n) is 5.89. The van der Waals surface area contributed by atoms with Crippen molar-refractivity contribution in [2.24, 2.45) is 0 Å². The molecular formula is C17H23ClFN2O3Si. The number of ether oxygens (including phenoxy) is 2. The van der Waals surface area contributed by atoms with Crippen LogP contribution in [0.1, 0.15) is 13.3 Å². The van der Waals surface area contributed by atoms with E-state index in [4.69, 9.17) is 21.1 Å². The molecule has 0 aromatic heterocycles. The molecule has 5 nitrogen and oxygen atoms in total. The zero-order valence-electron chi connectivity index (χ0n) is 14.5. The quantitative estimate of drug-likeness (QED) is 0.579. The van der Waals surface area contributed by atoms with Crippen molar-refractivity contribution in [1.82, 2.24) is 9.88 Å². The highest BCUT2D eigenvalue weighted by Crippen LogP contribution is 2.22. The molecule has 1 heterocycles. The standard InChI is InChI=1S/C17H23ClFN2O3Si/c1-4-23-12(2)16-7-8-25(11-21(16)3)20-17(22)10-24-13-5-6-14(18)15(19)9-13/h5-6,9,16H,2,4,7-8,10-11H2,1,3H3,(H,20,22)/t16-/m1/s1. The van der Waals surface area contributed by atoms with Gasteiger partial charge in [0, 0.05) is 12.2 Å². The van der Waals surface area contributed by atoms with Crippen LogP contribution >= 0.6 is 11.6 Å². The van der Waals surface area contributed by atoms with Gasteiger partial charge in [0.15, 0.2) is 15.6 Å². The van der Waals surface area contributed by atoms with Gasteiger partial charge in [-0.2, -0.15) is 0 Å². The van der Waals surface area contributed by atoms with E-state index in [0.29, 0.717) is 6.61 Å². The predicted molar refractivity (Wildman–Crippen MR) is 97.4 cm³/mol. The van der Waals surface area contributed by atoms with Crippen LogP contribution in [-0.2, 0) is 9.53 Å². The molecule has 8 heteroatoms. The average molecular weight is 386 g/mol. The Morgan fingerprint density at radius 3 is 2.96 bits per heavy atom. The van der Waals surface area contributed by atoms with Gasteiger partial charge >= 0.3 is 0 Å². The Morgan fingerprint density at radius 2 is 2.32 bits per heavy atom. The van der Waals surface area contributed by atoms with E-state index in [1.54, 1.807) is 0 Å². The fourth-order valence-electron chi connectivity index (χ4n) is 2.76. The smallest absolute Gasteiger partial charge is 0.250 e. The third-order valence-electron chi connectivity index (χ3n) is 3.97. The van der Waals surface area contributed by atoms with Gasteiger partial charge in [-0.05, 0) is 38.6 Å². The molecule has 1 aromatic carbocycles. The van der Waals surface area contributed by atoms with Gasteiger partial charge in [0.2, 0.25) is 5.91 Å². The number of likely N-dealkylation sites (N-methyl/N-ethyl adjacent to an activating group) is 1. The lowest BCUT2D eigenvalue weighted by Crippen LogP contribution is -2.54. The highest BCUT2D eigenvalue weighted by molar-refractivity contribution is 6.59. The van der Waals surface area contributed by atoms with Crippen LogP contribution in [0.3, 0.4) is 0 Å². The Morgan fingerprint density at radius 1 is 1.56 bits per heavy atom. The van der Waals surface area contributed by atoms with Crippen molar-refractivity contribution in [2.45, 2.75) is 25.4 Å². The first-order valence-electron chi connectivity index (χ1n) is 8.15. The van der Waals surface area contributed by atoms with Gasteiger partial charge in [0.1, 0.15) is 17.3 Å². The summed E-state index contributed by atoms with van der Waals surface area (Å²) >= 11 is 5.61. The monoisotopic (exact) mass is 385 g/mol. The summed E-state index contributed by atoms with van der Waals surface area (Å²) < 4.78 is 24.2. The van der Waals surface area contributed by atoms with Gasteiger partial charge in [0.25, 0.3) is 0 Å². The molecule has 1 amide bonds. The molecule has 2 rings (SSSR count). The molecule has 0 aliphatic carbocycles. The van der Waals surface area contributed by atoms with E-state index in [-0.39, 0.29) is 29.3 Å². The molecule has 1 fully saturated rings. The molecule has 0 saturated carbocycles. The third-order valence-corrected chi connectivity index (χ3v) is 6.68. The van der Waals surface area contributed by atoms with E-state index in [0.717, 1.165) is 24.4 Å². The van der Waals surface area contributed by atoms with Gasteiger partial charge in [-0.15, -0.1) is 0 Å². The Labute approximate surface area is 154 Å². The third kappa shape index (κ3) is 5.73. The lowest BCUT2D eigenvalue weighted by Gasteiger charge is -2.36. The molecule has 1 aliphatic heterocycles. The maximum absolute atomic E-state index is 13.3. The summed E-state index contributed by atoms with van der Waals surface area (Å²) in [6, 6.07) is 5.23. The summed E-state index contributed by atoms with van der Waals surface area (Å²) in [5, 5.41) is 0.0238. The molecule has 0 unspecified atom stereocenters. The zero-order chi connectivity index (χ0) is 18.4. The highest BCUT2D eigenvalue weighted by atomic mass is 35.5. The number of rotatable bonds is 7. The molecule has 1 radical (unpaired) electrons. The van der Waals surface area contributed by atoms with Crippen molar-refractivity contribution < 1.29 is 18.7 Å². The largest absolute Gasteiger partial charge is 0.497 e. The minimum absolute atomic E-state index is 0.0238. The molecule has 0 spiro atoms. The maximum atomic E-state index is 13.3. The summed E-state index contributed by atoms with van der Waals surface area (Å²) in [5.41, 5.74) is 0. The summed E-state index contributed by atoms with van der Waals surface area (Å²) in [4.78, 5) is 17.3. The molecule has 1 atom stereocenters. The normalized spacial score (nSPS) is 18.6.